The maximum absolute atomic E-state index is 5.21. The number of rotatable bonds is 2. The predicted octanol–water partition coefficient (Wildman–Crippen LogP) is 2.40. The number of anilines is 1. The van der Waals surface area contributed by atoms with Crippen LogP contribution >= 0.6 is 11.3 Å². The molecule has 0 aliphatic carbocycles. The predicted molar refractivity (Wildman–Crippen MR) is 59.1 cm³/mol. The second kappa shape index (κ2) is 3.66. The fourth-order valence-corrected chi connectivity index (χ4v) is 2.62. The van der Waals surface area contributed by atoms with Crippen molar-refractivity contribution >= 4 is 16.5 Å². The van der Waals surface area contributed by atoms with Gasteiger partial charge >= 0.3 is 0 Å². The van der Waals surface area contributed by atoms with Gasteiger partial charge in [0.25, 0.3) is 0 Å². The lowest BCUT2D eigenvalue weighted by atomic mass is 10.4. The fraction of sp³-hybridized carbons (Fsp3) is 0.400. The first-order chi connectivity index (χ1) is 7.43. The highest BCUT2D eigenvalue weighted by Gasteiger charge is 2.17. The third-order valence-corrected chi connectivity index (χ3v) is 3.42. The van der Waals surface area contributed by atoms with Crippen molar-refractivity contribution in [3.63, 3.8) is 0 Å². The summed E-state index contributed by atoms with van der Waals surface area (Å²) in [6.07, 6.45) is 5.76. The van der Waals surface area contributed by atoms with Crippen LogP contribution in [0.3, 0.4) is 0 Å². The summed E-state index contributed by atoms with van der Waals surface area (Å²) < 4.78 is 5.21. The van der Waals surface area contributed by atoms with Crippen LogP contribution in [-0.4, -0.2) is 23.1 Å². The van der Waals surface area contributed by atoms with Gasteiger partial charge in [0.1, 0.15) is 12.0 Å². The van der Waals surface area contributed by atoms with E-state index in [0.717, 1.165) is 23.9 Å². The van der Waals surface area contributed by atoms with Gasteiger partial charge in [0.05, 0.1) is 6.20 Å². The van der Waals surface area contributed by atoms with E-state index >= 15 is 0 Å². The molecule has 3 rings (SSSR count). The largest absolute Gasteiger partial charge is 0.443 e. The lowest BCUT2D eigenvalue weighted by Crippen LogP contribution is -2.17. The van der Waals surface area contributed by atoms with Gasteiger partial charge in [0.2, 0.25) is 5.89 Å². The molecule has 0 unspecified atom stereocenters. The summed E-state index contributed by atoms with van der Waals surface area (Å²) in [5.41, 5.74) is 0.840. The second-order valence-corrected chi connectivity index (χ2v) is 4.38. The first-order valence-corrected chi connectivity index (χ1v) is 5.92. The normalized spacial score (nSPS) is 16.1. The summed E-state index contributed by atoms with van der Waals surface area (Å²) in [6, 6.07) is 0. The Bertz CT molecular complexity index is 431. The maximum atomic E-state index is 5.21. The Hall–Kier alpha value is -1.36. The molecule has 0 atom stereocenters. The number of hydrogen-bond donors (Lipinski definition) is 0. The summed E-state index contributed by atoms with van der Waals surface area (Å²) in [4.78, 5) is 10.9. The van der Waals surface area contributed by atoms with Crippen molar-refractivity contribution < 1.29 is 4.42 Å². The number of thiazole rings is 1. The van der Waals surface area contributed by atoms with Crippen LogP contribution in [-0.2, 0) is 0 Å². The molecule has 78 valence electrons. The number of hydrogen-bond acceptors (Lipinski definition) is 5. The Morgan fingerprint density at radius 1 is 1.33 bits per heavy atom. The summed E-state index contributed by atoms with van der Waals surface area (Å²) in [5.74, 6) is 0.608. The quantitative estimate of drug-likeness (QED) is 0.781. The van der Waals surface area contributed by atoms with Gasteiger partial charge in [-0.2, -0.15) is 0 Å². The van der Waals surface area contributed by atoms with Gasteiger partial charge in [-0.1, -0.05) is 0 Å². The standard InChI is InChI=1S/C10H11N3OS/c1-2-5-13(4-1)10-12-8(7-15-10)9-11-3-6-14-9/h3,6-7H,1-2,4-5H2. The summed E-state index contributed by atoms with van der Waals surface area (Å²) in [6.45, 7) is 2.25. The molecule has 4 nitrogen and oxygen atoms in total. The second-order valence-electron chi connectivity index (χ2n) is 3.55. The minimum absolute atomic E-state index is 0.608. The maximum Gasteiger partial charge on any atom is 0.245 e. The van der Waals surface area contributed by atoms with E-state index in [1.807, 2.05) is 5.38 Å². The van der Waals surface area contributed by atoms with Crippen LogP contribution in [0.2, 0.25) is 0 Å². The Morgan fingerprint density at radius 2 is 2.20 bits per heavy atom. The van der Waals surface area contributed by atoms with Crippen molar-refractivity contribution in [1.82, 2.24) is 9.97 Å². The molecule has 0 radical (unpaired) electrons. The van der Waals surface area contributed by atoms with Crippen LogP contribution in [0.4, 0.5) is 5.13 Å². The molecule has 3 heterocycles. The van der Waals surface area contributed by atoms with Crippen molar-refractivity contribution in [3.8, 4) is 11.6 Å². The molecule has 0 saturated carbocycles. The van der Waals surface area contributed by atoms with Gasteiger partial charge in [-0.05, 0) is 12.8 Å². The molecular formula is C10H11N3OS. The fourth-order valence-electron chi connectivity index (χ4n) is 1.77. The number of aromatic nitrogens is 2. The molecule has 2 aromatic rings. The van der Waals surface area contributed by atoms with Crippen LogP contribution in [0.5, 0.6) is 0 Å². The summed E-state index contributed by atoms with van der Waals surface area (Å²) in [7, 11) is 0. The van der Waals surface area contributed by atoms with Crippen molar-refractivity contribution in [2.24, 2.45) is 0 Å². The van der Waals surface area contributed by atoms with E-state index in [1.165, 1.54) is 12.8 Å². The zero-order valence-corrected chi connectivity index (χ0v) is 9.04. The zero-order valence-electron chi connectivity index (χ0n) is 8.22. The number of oxazole rings is 1. The first-order valence-electron chi connectivity index (χ1n) is 5.04. The Balaban J connectivity index is 1.87. The molecule has 0 N–H and O–H groups in total. The highest BCUT2D eigenvalue weighted by molar-refractivity contribution is 7.14. The van der Waals surface area contributed by atoms with Gasteiger partial charge in [-0.15, -0.1) is 11.3 Å². The Morgan fingerprint density at radius 3 is 2.93 bits per heavy atom. The van der Waals surface area contributed by atoms with E-state index in [1.54, 1.807) is 23.8 Å². The van der Waals surface area contributed by atoms with Gasteiger partial charge in [-0.25, -0.2) is 9.97 Å². The molecule has 1 fully saturated rings. The topological polar surface area (TPSA) is 42.2 Å². The van der Waals surface area contributed by atoms with Gasteiger partial charge in [-0.3, -0.25) is 0 Å². The van der Waals surface area contributed by atoms with Gasteiger partial charge in [0, 0.05) is 18.5 Å². The average Bonchev–Trinajstić information content (AvgIpc) is 3.02. The van der Waals surface area contributed by atoms with E-state index in [-0.39, 0.29) is 0 Å². The Kier molecular flexibility index (Phi) is 2.17. The van der Waals surface area contributed by atoms with Crippen molar-refractivity contribution in [1.29, 1.82) is 0 Å². The molecular weight excluding hydrogens is 210 g/mol. The van der Waals surface area contributed by atoms with Crippen LogP contribution in [0.25, 0.3) is 11.6 Å². The van der Waals surface area contributed by atoms with Crippen molar-refractivity contribution in [2.75, 3.05) is 18.0 Å². The minimum atomic E-state index is 0.608. The van der Waals surface area contributed by atoms with Crippen molar-refractivity contribution in [2.45, 2.75) is 12.8 Å². The van der Waals surface area contributed by atoms with Crippen LogP contribution in [0, 0.1) is 0 Å². The third-order valence-electron chi connectivity index (χ3n) is 2.52. The van der Waals surface area contributed by atoms with Gasteiger partial charge < -0.3 is 9.32 Å². The molecule has 0 bridgehead atoms. The minimum Gasteiger partial charge on any atom is -0.443 e. The van der Waals surface area contributed by atoms with Crippen LogP contribution in [0.1, 0.15) is 12.8 Å². The molecule has 0 amide bonds. The van der Waals surface area contributed by atoms with E-state index < -0.39 is 0 Å². The van der Waals surface area contributed by atoms with E-state index in [0.29, 0.717) is 5.89 Å². The average molecular weight is 221 g/mol. The van der Waals surface area contributed by atoms with E-state index in [4.69, 9.17) is 4.42 Å². The van der Waals surface area contributed by atoms with Crippen LogP contribution < -0.4 is 4.90 Å². The lowest BCUT2D eigenvalue weighted by Gasteiger charge is -2.11. The van der Waals surface area contributed by atoms with E-state index in [9.17, 15) is 0 Å². The highest BCUT2D eigenvalue weighted by Crippen LogP contribution is 2.28. The molecule has 0 spiro atoms. The lowest BCUT2D eigenvalue weighted by molar-refractivity contribution is 0.572. The van der Waals surface area contributed by atoms with Crippen molar-refractivity contribution in [3.05, 3.63) is 17.8 Å². The highest BCUT2D eigenvalue weighted by atomic mass is 32.1. The van der Waals surface area contributed by atoms with E-state index in [2.05, 4.69) is 14.9 Å². The summed E-state index contributed by atoms with van der Waals surface area (Å²) in [5, 5.41) is 3.08. The molecule has 1 saturated heterocycles. The first kappa shape index (κ1) is 8.91. The molecule has 15 heavy (non-hydrogen) atoms. The van der Waals surface area contributed by atoms with Gasteiger partial charge in [0.15, 0.2) is 5.13 Å². The van der Waals surface area contributed by atoms with Crippen LogP contribution in [0.15, 0.2) is 22.3 Å². The Labute approximate surface area is 91.6 Å². The number of nitrogens with zero attached hydrogens (tertiary/aromatic N) is 3. The zero-order chi connectivity index (χ0) is 10.1. The molecule has 5 heteroatoms. The summed E-state index contributed by atoms with van der Waals surface area (Å²) >= 11 is 1.66. The molecule has 2 aromatic heterocycles. The molecule has 0 aromatic carbocycles. The monoisotopic (exact) mass is 221 g/mol. The smallest absolute Gasteiger partial charge is 0.245 e. The molecule has 1 aliphatic rings. The third kappa shape index (κ3) is 1.63. The SMILES string of the molecule is c1coc(-c2csc(N3CCCC3)n2)n1. The molecule has 1 aliphatic heterocycles.